The van der Waals surface area contributed by atoms with Gasteiger partial charge in [0.05, 0.1) is 6.10 Å². The van der Waals surface area contributed by atoms with E-state index in [1.807, 2.05) is 0 Å². The molecule has 4 N–H and O–H groups in total. The second-order valence-corrected chi connectivity index (χ2v) is 3.92. The Hall–Kier alpha value is -1.85. The fourth-order valence-corrected chi connectivity index (χ4v) is 1.52. The van der Waals surface area contributed by atoms with Gasteiger partial charge < -0.3 is 10.2 Å². The van der Waals surface area contributed by atoms with Gasteiger partial charge in [0.25, 0.3) is 5.91 Å². The number of hydroxylamine groups is 1. The minimum Gasteiger partial charge on any atom is -0.508 e. The quantitative estimate of drug-likeness (QED) is 0.268. The maximum atomic E-state index is 10.6. The number of aliphatic hydroxyl groups excluding tert-OH is 1. The molecule has 0 aromatic heterocycles. The van der Waals surface area contributed by atoms with Gasteiger partial charge in [-0.1, -0.05) is 18.2 Å². The molecule has 0 saturated heterocycles. The van der Waals surface area contributed by atoms with Crippen molar-refractivity contribution >= 4 is 5.91 Å². The molecule has 5 nitrogen and oxygen atoms in total. The molecule has 1 rings (SSSR count). The lowest BCUT2D eigenvalue weighted by Crippen LogP contribution is -2.14. The Kier molecular flexibility index (Phi) is 5.90. The first kappa shape index (κ1) is 14.2. The van der Waals surface area contributed by atoms with Crippen LogP contribution in [0.4, 0.5) is 0 Å². The molecule has 5 heteroatoms. The molecule has 1 aromatic carbocycles. The second-order valence-electron chi connectivity index (χ2n) is 3.92. The third-order valence-corrected chi connectivity index (χ3v) is 2.51. The van der Waals surface area contributed by atoms with Gasteiger partial charge in [-0.25, -0.2) is 5.48 Å². The van der Waals surface area contributed by atoms with Gasteiger partial charge in [-0.2, -0.15) is 0 Å². The van der Waals surface area contributed by atoms with Crippen LogP contribution < -0.4 is 5.48 Å². The van der Waals surface area contributed by atoms with Crippen molar-refractivity contribution in [3.05, 3.63) is 42.0 Å². The molecule has 0 aliphatic rings. The molecule has 0 radical (unpaired) electrons. The number of hydrogen-bond acceptors (Lipinski definition) is 4. The molecule has 0 saturated carbocycles. The van der Waals surface area contributed by atoms with E-state index in [0.717, 1.165) is 12.0 Å². The van der Waals surface area contributed by atoms with Crippen LogP contribution in [-0.2, 0) is 4.79 Å². The zero-order chi connectivity index (χ0) is 13.4. The first-order valence-corrected chi connectivity index (χ1v) is 5.71. The molecule has 0 fully saturated rings. The molecule has 0 bridgehead atoms. The highest BCUT2D eigenvalue weighted by molar-refractivity contribution is 5.86. The number of aromatic hydroxyl groups is 1. The number of rotatable bonds is 6. The van der Waals surface area contributed by atoms with Crippen LogP contribution in [0.2, 0.25) is 0 Å². The number of hydrogen-bond donors (Lipinski definition) is 4. The lowest BCUT2D eigenvalue weighted by Gasteiger charge is -2.09. The summed E-state index contributed by atoms with van der Waals surface area (Å²) in [4.78, 5) is 10.6. The van der Waals surface area contributed by atoms with Crippen molar-refractivity contribution in [2.24, 2.45) is 0 Å². The summed E-state index contributed by atoms with van der Waals surface area (Å²) in [6, 6.07) is 6.41. The number of amides is 1. The molecule has 0 spiro atoms. The van der Waals surface area contributed by atoms with Crippen LogP contribution in [0.1, 0.15) is 30.9 Å². The third-order valence-electron chi connectivity index (χ3n) is 2.51. The second kappa shape index (κ2) is 7.47. The largest absolute Gasteiger partial charge is 0.508 e. The van der Waals surface area contributed by atoms with Gasteiger partial charge in [0.2, 0.25) is 0 Å². The van der Waals surface area contributed by atoms with Gasteiger partial charge in [-0.15, -0.1) is 0 Å². The van der Waals surface area contributed by atoms with Crippen molar-refractivity contribution in [2.45, 2.75) is 25.4 Å². The number of carbonyl (C=O) groups is 1. The molecule has 0 heterocycles. The van der Waals surface area contributed by atoms with E-state index in [-0.39, 0.29) is 5.75 Å². The predicted octanol–water partition coefficient (Wildman–Crippen LogP) is 1.66. The Labute approximate surface area is 105 Å². The Balaban J connectivity index is 2.29. The Morgan fingerprint density at radius 3 is 2.61 bits per heavy atom. The summed E-state index contributed by atoms with van der Waals surface area (Å²) < 4.78 is 0. The van der Waals surface area contributed by atoms with E-state index in [1.165, 1.54) is 23.7 Å². The van der Waals surface area contributed by atoms with Crippen molar-refractivity contribution in [1.82, 2.24) is 5.48 Å². The molecule has 1 amide bonds. The Morgan fingerprint density at radius 1 is 1.33 bits per heavy atom. The Bertz CT molecular complexity index is 400. The van der Waals surface area contributed by atoms with Gasteiger partial charge in [-0.3, -0.25) is 10.0 Å². The van der Waals surface area contributed by atoms with Crippen LogP contribution in [0.5, 0.6) is 5.75 Å². The minimum absolute atomic E-state index is 0.170. The summed E-state index contributed by atoms with van der Waals surface area (Å²) in [5, 5.41) is 27.2. The maximum Gasteiger partial charge on any atom is 0.267 e. The van der Waals surface area contributed by atoms with E-state index in [0.29, 0.717) is 12.8 Å². The maximum absolute atomic E-state index is 10.6. The summed E-state index contributed by atoms with van der Waals surface area (Å²) in [5.74, 6) is -0.391. The first-order valence-electron chi connectivity index (χ1n) is 5.71. The molecular formula is C13H17NO4. The highest BCUT2D eigenvalue weighted by atomic mass is 16.5. The highest BCUT2D eigenvalue weighted by Gasteiger charge is 2.06. The topological polar surface area (TPSA) is 89.8 Å². The number of allylic oxidation sites excluding steroid dienone is 1. The zero-order valence-corrected chi connectivity index (χ0v) is 9.91. The van der Waals surface area contributed by atoms with E-state index in [9.17, 15) is 9.90 Å². The number of carbonyl (C=O) groups excluding carboxylic acids is 1. The molecule has 0 aliphatic carbocycles. The zero-order valence-electron chi connectivity index (χ0n) is 9.91. The van der Waals surface area contributed by atoms with Crippen molar-refractivity contribution in [2.75, 3.05) is 0 Å². The number of aliphatic hydroxyl groups is 1. The highest BCUT2D eigenvalue weighted by Crippen LogP contribution is 2.21. The van der Waals surface area contributed by atoms with E-state index in [1.54, 1.807) is 18.2 Å². The summed E-state index contributed by atoms with van der Waals surface area (Å²) >= 11 is 0. The van der Waals surface area contributed by atoms with Crippen LogP contribution >= 0.6 is 0 Å². The fraction of sp³-hybridized carbons (Fsp3) is 0.308. The van der Waals surface area contributed by atoms with Gasteiger partial charge in [0, 0.05) is 6.08 Å². The van der Waals surface area contributed by atoms with Crippen molar-refractivity contribution in [3.63, 3.8) is 0 Å². The van der Waals surface area contributed by atoms with E-state index < -0.39 is 12.0 Å². The monoisotopic (exact) mass is 251 g/mol. The van der Waals surface area contributed by atoms with E-state index >= 15 is 0 Å². The van der Waals surface area contributed by atoms with Gasteiger partial charge >= 0.3 is 0 Å². The predicted molar refractivity (Wildman–Crippen MR) is 66.0 cm³/mol. The number of phenolic OH excluding ortho intramolecular Hbond substituents is 1. The van der Waals surface area contributed by atoms with E-state index in [2.05, 4.69) is 0 Å². The molecule has 18 heavy (non-hydrogen) atoms. The summed E-state index contributed by atoms with van der Waals surface area (Å²) in [6.07, 6.45) is 4.23. The van der Waals surface area contributed by atoms with Crippen LogP contribution in [0.15, 0.2) is 36.4 Å². The van der Waals surface area contributed by atoms with Gasteiger partial charge in [0.15, 0.2) is 0 Å². The normalized spacial score (nSPS) is 12.6. The molecule has 0 aliphatic heterocycles. The number of phenols is 1. The number of benzene rings is 1. The number of nitrogens with one attached hydrogen (secondary N) is 1. The standard InChI is InChI=1S/C13H17NO4/c15-11-8-6-10(7-9-11)12(16)4-2-1-3-5-13(17)14-18/h3,5-9,12,15-16,18H,1-2,4H2,(H,14,17)/b5-3+/t12-/m0/s1. The Morgan fingerprint density at radius 2 is 2.00 bits per heavy atom. The molecule has 0 unspecified atom stereocenters. The molecule has 1 atom stereocenters. The molecule has 1 aromatic rings. The van der Waals surface area contributed by atoms with Crippen LogP contribution in [0, 0.1) is 0 Å². The SMILES string of the molecule is O=C(/C=C/CCC[C@H](O)c1ccc(O)cc1)NO. The van der Waals surface area contributed by atoms with Crippen molar-refractivity contribution in [1.29, 1.82) is 0 Å². The smallest absolute Gasteiger partial charge is 0.267 e. The minimum atomic E-state index is -0.578. The van der Waals surface area contributed by atoms with Crippen LogP contribution in [-0.4, -0.2) is 21.3 Å². The average molecular weight is 251 g/mol. The van der Waals surface area contributed by atoms with Crippen molar-refractivity contribution in [3.8, 4) is 5.75 Å². The fourth-order valence-electron chi connectivity index (χ4n) is 1.52. The first-order chi connectivity index (χ1) is 8.63. The third kappa shape index (κ3) is 4.99. The lowest BCUT2D eigenvalue weighted by molar-refractivity contribution is -0.124. The summed E-state index contributed by atoms with van der Waals surface area (Å²) in [7, 11) is 0. The van der Waals surface area contributed by atoms with Gasteiger partial charge in [-0.05, 0) is 37.0 Å². The van der Waals surface area contributed by atoms with Crippen LogP contribution in [0.25, 0.3) is 0 Å². The average Bonchev–Trinajstić information content (AvgIpc) is 2.38. The van der Waals surface area contributed by atoms with Gasteiger partial charge in [0.1, 0.15) is 5.75 Å². The summed E-state index contributed by atoms with van der Waals surface area (Å²) in [6.45, 7) is 0. The number of unbranched alkanes of at least 4 members (excludes halogenated alkanes) is 1. The van der Waals surface area contributed by atoms with E-state index in [4.69, 9.17) is 10.3 Å². The molecule has 98 valence electrons. The summed E-state index contributed by atoms with van der Waals surface area (Å²) in [5.41, 5.74) is 2.25. The lowest BCUT2D eigenvalue weighted by atomic mass is 10.0. The van der Waals surface area contributed by atoms with Crippen LogP contribution in [0.3, 0.4) is 0 Å². The van der Waals surface area contributed by atoms with Crippen molar-refractivity contribution < 1.29 is 20.2 Å². The molecular weight excluding hydrogens is 234 g/mol.